The molecule has 1 aliphatic carbocycles. The summed E-state index contributed by atoms with van der Waals surface area (Å²) in [6.45, 7) is 1.11. The summed E-state index contributed by atoms with van der Waals surface area (Å²) in [5, 5.41) is 3.14. The van der Waals surface area contributed by atoms with Crippen molar-refractivity contribution < 1.29 is 9.59 Å². The van der Waals surface area contributed by atoms with E-state index in [-0.39, 0.29) is 17.9 Å². The van der Waals surface area contributed by atoms with Crippen LogP contribution in [0.5, 0.6) is 0 Å². The fraction of sp³-hybridized carbons (Fsp3) is 0.867. The second-order valence-electron chi connectivity index (χ2n) is 6.14. The van der Waals surface area contributed by atoms with Crippen molar-refractivity contribution in [3.05, 3.63) is 0 Å². The van der Waals surface area contributed by atoms with Gasteiger partial charge in [-0.05, 0) is 32.2 Å². The van der Waals surface area contributed by atoms with Gasteiger partial charge in [-0.25, -0.2) is 0 Å². The van der Waals surface area contributed by atoms with Crippen molar-refractivity contribution in [1.82, 2.24) is 10.2 Å². The van der Waals surface area contributed by atoms with E-state index in [4.69, 9.17) is 5.73 Å². The van der Waals surface area contributed by atoms with Crippen LogP contribution in [0.1, 0.15) is 57.8 Å². The van der Waals surface area contributed by atoms with Crippen molar-refractivity contribution >= 4 is 11.8 Å². The number of primary amides is 1. The van der Waals surface area contributed by atoms with Crippen LogP contribution in [0.2, 0.25) is 0 Å². The zero-order valence-electron chi connectivity index (χ0n) is 12.3. The molecule has 1 saturated carbocycles. The molecule has 0 aromatic rings. The van der Waals surface area contributed by atoms with E-state index in [1.54, 1.807) is 0 Å². The van der Waals surface area contributed by atoms with Crippen molar-refractivity contribution in [1.29, 1.82) is 0 Å². The number of nitrogens with zero attached hydrogens (tertiary/aromatic N) is 1. The Balaban J connectivity index is 1.77. The normalized spacial score (nSPS) is 25.9. The molecule has 0 radical (unpaired) electrons. The zero-order valence-corrected chi connectivity index (χ0v) is 12.3. The highest BCUT2D eigenvalue weighted by Gasteiger charge is 2.30. The molecule has 3 N–H and O–H groups in total. The summed E-state index contributed by atoms with van der Waals surface area (Å²) < 4.78 is 0. The molecule has 2 amide bonds. The maximum absolute atomic E-state index is 12.1. The third kappa shape index (κ3) is 4.47. The lowest BCUT2D eigenvalue weighted by molar-refractivity contribution is -0.126. The summed E-state index contributed by atoms with van der Waals surface area (Å²) in [5.74, 6) is -0.259. The summed E-state index contributed by atoms with van der Waals surface area (Å²) in [4.78, 5) is 25.4. The molecule has 0 spiro atoms. The SMILES string of the molecule is NC(=O)[C@@H]1CCCN1CC(=O)NC1CCCCCCC1. The minimum absolute atomic E-state index is 0.0451. The lowest BCUT2D eigenvalue weighted by atomic mass is 9.97. The smallest absolute Gasteiger partial charge is 0.234 e. The first-order chi connectivity index (χ1) is 9.66. The standard InChI is InChI=1S/C15H27N3O2/c16-15(20)13-9-6-10-18(13)11-14(19)17-12-7-4-2-1-3-5-8-12/h12-13H,1-11H2,(H2,16,20)(H,17,19)/t13-/m0/s1. The van der Waals surface area contributed by atoms with E-state index in [0.717, 1.165) is 32.2 Å². The molecule has 0 bridgehead atoms. The van der Waals surface area contributed by atoms with Crippen LogP contribution in [-0.2, 0) is 9.59 Å². The Labute approximate surface area is 121 Å². The Morgan fingerprint density at radius 1 is 1.00 bits per heavy atom. The number of nitrogens with two attached hydrogens (primary N) is 1. The summed E-state index contributed by atoms with van der Waals surface area (Å²) in [7, 11) is 0. The molecule has 5 heteroatoms. The van der Waals surface area contributed by atoms with Crippen LogP contribution in [0.15, 0.2) is 0 Å². The van der Waals surface area contributed by atoms with Gasteiger partial charge in [-0.2, -0.15) is 0 Å². The molecular formula is C15H27N3O2. The van der Waals surface area contributed by atoms with Gasteiger partial charge in [0.1, 0.15) is 0 Å². The van der Waals surface area contributed by atoms with Gasteiger partial charge < -0.3 is 11.1 Å². The van der Waals surface area contributed by atoms with Gasteiger partial charge in [0.05, 0.1) is 12.6 Å². The first-order valence-corrected chi connectivity index (χ1v) is 7.99. The third-order valence-corrected chi connectivity index (χ3v) is 4.51. The summed E-state index contributed by atoms with van der Waals surface area (Å²) in [5.41, 5.74) is 5.37. The number of hydrogen-bond acceptors (Lipinski definition) is 3. The number of carbonyl (C=O) groups excluding carboxylic acids is 2. The number of carbonyl (C=O) groups is 2. The van der Waals surface area contributed by atoms with Crippen LogP contribution in [0.4, 0.5) is 0 Å². The monoisotopic (exact) mass is 281 g/mol. The van der Waals surface area contributed by atoms with Crippen LogP contribution >= 0.6 is 0 Å². The minimum atomic E-state index is -0.304. The Hall–Kier alpha value is -1.10. The first-order valence-electron chi connectivity index (χ1n) is 7.99. The van der Waals surface area contributed by atoms with Crippen LogP contribution in [0.3, 0.4) is 0 Å². The zero-order chi connectivity index (χ0) is 14.4. The molecule has 0 unspecified atom stereocenters. The van der Waals surface area contributed by atoms with Crippen LogP contribution in [-0.4, -0.2) is 41.9 Å². The van der Waals surface area contributed by atoms with Crippen molar-refractivity contribution in [3.63, 3.8) is 0 Å². The summed E-state index contributed by atoms with van der Waals surface area (Å²) >= 11 is 0. The Morgan fingerprint density at radius 3 is 2.30 bits per heavy atom. The summed E-state index contributed by atoms with van der Waals surface area (Å²) in [6.07, 6.45) is 10.2. The van der Waals surface area contributed by atoms with Gasteiger partial charge in [-0.3, -0.25) is 14.5 Å². The highest BCUT2D eigenvalue weighted by Crippen LogP contribution is 2.18. The number of rotatable bonds is 4. The Morgan fingerprint density at radius 2 is 1.65 bits per heavy atom. The van der Waals surface area contributed by atoms with Gasteiger partial charge >= 0.3 is 0 Å². The van der Waals surface area contributed by atoms with Crippen molar-refractivity contribution in [2.45, 2.75) is 69.9 Å². The quantitative estimate of drug-likeness (QED) is 0.812. The average Bonchev–Trinajstić information content (AvgIpc) is 2.80. The maximum atomic E-state index is 12.1. The molecule has 1 heterocycles. The lowest BCUT2D eigenvalue weighted by Gasteiger charge is -2.24. The van der Waals surface area contributed by atoms with Crippen LogP contribution < -0.4 is 11.1 Å². The molecule has 114 valence electrons. The van der Waals surface area contributed by atoms with Crippen molar-refractivity contribution in [3.8, 4) is 0 Å². The molecule has 1 aliphatic heterocycles. The predicted molar refractivity (Wildman–Crippen MR) is 78.0 cm³/mol. The molecule has 1 atom stereocenters. The van der Waals surface area contributed by atoms with Crippen molar-refractivity contribution in [2.75, 3.05) is 13.1 Å². The molecule has 0 aromatic carbocycles. The number of hydrogen-bond donors (Lipinski definition) is 2. The molecule has 20 heavy (non-hydrogen) atoms. The lowest BCUT2D eigenvalue weighted by Crippen LogP contribution is -2.47. The van der Waals surface area contributed by atoms with Gasteiger partial charge in [0.15, 0.2) is 0 Å². The Kier molecular flexibility index (Phi) is 5.83. The first kappa shape index (κ1) is 15.3. The fourth-order valence-electron chi connectivity index (χ4n) is 3.40. The average molecular weight is 281 g/mol. The maximum Gasteiger partial charge on any atom is 0.234 e. The van der Waals surface area contributed by atoms with Gasteiger partial charge in [0, 0.05) is 6.04 Å². The molecular weight excluding hydrogens is 254 g/mol. The van der Waals surface area contributed by atoms with Crippen LogP contribution in [0.25, 0.3) is 0 Å². The van der Waals surface area contributed by atoms with E-state index in [1.165, 1.54) is 32.1 Å². The molecule has 2 aliphatic rings. The van der Waals surface area contributed by atoms with Crippen LogP contribution in [0, 0.1) is 0 Å². The molecule has 0 aromatic heterocycles. The largest absolute Gasteiger partial charge is 0.368 e. The molecule has 5 nitrogen and oxygen atoms in total. The Bertz CT molecular complexity index is 338. The van der Waals surface area contributed by atoms with Gasteiger partial charge in [-0.15, -0.1) is 0 Å². The highest BCUT2D eigenvalue weighted by atomic mass is 16.2. The predicted octanol–water partition coefficient (Wildman–Crippen LogP) is 1.17. The topological polar surface area (TPSA) is 75.4 Å². The van der Waals surface area contributed by atoms with E-state index >= 15 is 0 Å². The van der Waals surface area contributed by atoms with Gasteiger partial charge in [0.2, 0.25) is 11.8 Å². The number of nitrogens with one attached hydrogen (secondary N) is 1. The van der Waals surface area contributed by atoms with E-state index < -0.39 is 0 Å². The number of amides is 2. The third-order valence-electron chi connectivity index (χ3n) is 4.51. The minimum Gasteiger partial charge on any atom is -0.368 e. The molecule has 2 fully saturated rings. The fourth-order valence-corrected chi connectivity index (χ4v) is 3.40. The van der Waals surface area contributed by atoms with E-state index in [9.17, 15) is 9.59 Å². The number of likely N-dealkylation sites (tertiary alicyclic amines) is 1. The van der Waals surface area contributed by atoms with Gasteiger partial charge in [0.25, 0.3) is 0 Å². The van der Waals surface area contributed by atoms with E-state index in [1.807, 2.05) is 4.90 Å². The highest BCUT2D eigenvalue weighted by molar-refractivity contribution is 5.82. The second-order valence-corrected chi connectivity index (χ2v) is 6.14. The summed E-state index contributed by atoms with van der Waals surface area (Å²) in [6, 6.07) is 0.0653. The van der Waals surface area contributed by atoms with Crippen molar-refractivity contribution in [2.24, 2.45) is 5.73 Å². The van der Waals surface area contributed by atoms with Gasteiger partial charge in [-0.1, -0.05) is 32.1 Å². The molecule has 2 rings (SSSR count). The van der Waals surface area contributed by atoms with E-state index in [0.29, 0.717) is 12.6 Å². The second kappa shape index (κ2) is 7.62. The molecule has 1 saturated heterocycles. The van der Waals surface area contributed by atoms with E-state index in [2.05, 4.69) is 5.32 Å².